The van der Waals surface area contributed by atoms with Gasteiger partial charge in [-0.1, -0.05) is 78.9 Å². The van der Waals surface area contributed by atoms with Gasteiger partial charge in [-0.3, -0.25) is 0 Å². The highest BCUT2D eigenvalue weighted by atomic mass is 15.0. The zero-order valence-corrected chi connectivity index (χ0v) is 17.4. The summed E-state index contributed by atoms with van der Waals surface area (Å²) in [6.07, 6.45) is 0. The Kier molecular flexibility index (Phi) is 4.25. The summed E-state index contributed by atoms with van der Waals surface area (Å²) in [7, 11) is 0. The van der Waals surface area contributed by atoms with E-state index in [4.69, 9.17) is 10.7 Å². The molecule has 0 aliphatic rings. The lowest BCUT2D eigenvalue weighted by Crippen LogP contribution is -1.98. The molecule has 4 aromatic carbocycles. The standard InChI is InChI=1S/C29H21N3/c30-22-15-16-29-25(17-22)24-13-7-8-14-28(24)32(29)23-18-26(20-9-3-1-4-10-20)31-27(19-23)21-11-5-2-6-12-21/h1-19H,30H2. The van der Waals surface area contributed by atoms with Crippen molar-refractivity contribution >= 4 is 27.5 Å². The van der Waals surface area contributed by atoms with E-state index in [1.807, 2.05) is 18.2 Å². The number of fused-ring (bicyclic) bond motifs is 3. The molecule has 32 heavy (non-hydrogen) atoms. The van der Waals surface area contributed by atoms with Crippen LogP contribution in [0.2, 0.25) is 0 Å². The predicted octanol–water partition coefficient (Wildman–Crippen LogP) is 7.09. The number of anilines is 1. The molecule has 2 heterocycles. The van der Waals surface area contributed by atoms with Crippen molar-refractivity contribution in [3.63, 3.8) is 0 Å². The molecule has 3 heteroatoms. The van der Waals surface area contributed by atoms with Crippen LogP contribution in [0.15, 0.2) is 115 Å². The monoisotopic (exact) mass is 411 g/mol. The Bertz CT molecular complexity index is 1510. The number of nitrogen functional groups attached to an aromatic ring is 1. The molecule has 3 nitrogen and oxygen atoms in total. The molecule has 2 aromatic heterocycles. The van der Waals surface area contributed by atoms with Crippen LogP contribution in [0.5, 0.6) is 0 Å². The summed E-state index contributed by atoms with van der Waals surface area (Å²) in [5.74, 6) is 0. The maximum absolute atomic E-state index is 6.14. The third kappa shape index (κ3) is 3.03. The van der Waals surface area contributed by atoms with E-state index in [0.717, 1.165) is 50.3 Å². The molecule has 0 bridgehead atoms. The van der Waals surface area contributed by atoms with Gasteiger partial charge in [0.15, 0.2) is 0 Å². The first kappa shape index (κ1) is 18.4. The van der Waals surface area contributed by atoms with E-state index in [0.29, 0.717) is 0 Å². The average molecular weight is 412 g/mol. The van der Waals surface area contributed by atoms with Crippen molar-refractivity contribution in [3.05, 3.63) is 115 Å². The molecule has 0 aliphatic heterocycles. The third-order valence-corrected chi connectivity index (χ3v) is 5.90. The van der Waals surface area contributed by atoms with Gasteiger partial charge in [0.1, 0.15) is 0 Å². The number of hydrogen-bond donors (Lipinski definition) is 1. The lowest BCUT2D eigenvalue weighted by molar-refractivity contribution is 1.16. The number of nitrogens with two attached hydrogens (primary N) is 1. The Morgan fingerprint density at radius 2 is 1.09 bits per heavy atom. The summed E-state index contributed by atoms with van der Waals surface area (Å²) in [6, 6.07) is 39.6. The smallest absolute Gasteiger partial charge is 0.0730 e. The quantitative estimate of drug-likeness (QED) is 0.316. The second kappa shape index (κ2) is 7.40. The summed E-state index contributed by atoms with van der Waals surface area (Å²) >= 11 is 0. The number of benzene rings is 4. The van der Waals surface area contributed by atoms with Crippen LogP contribution in [0.4, 0.5) is 5.69 Å². The zero-order valence-electron chi connectivity index (χ0n) is 17.4. The van der Waals surface area contributed by atoms with Gasteiger partial charge in [0, 0.05) is 27.6 Å². The summed E-state index contributed by atoms with van der Waals surface area (Å²) in [5, 5.41) is 2.34. The Morgan fingerprint density at radius 1 is 0.531 bits per heavy atom. The number of para-hydroxylation sites is 1. The van der Waals surface area contributed by atoms with Crippen LogP contribution in [0.25, 0.3) is 50.0 Å². The second-order valence-corrected chi connectivity index (χ2v) is 7.96. The average Bonchev–Trinajstić information content (AvgIpc) is 3.18. The Morgan fingerprint density at radius 3 is 1.75 bits per heavy atom. The van der Waals surface area contributed by atoms with Crippen LogP contribution in [0, 0.1) is 0 Å². The van der Waals surface area contributed by atoms with Gasteiger partial charge in [-0.2, -0.15) is 0 Å². The number of nitrogens with zero attached hydrogens (tertiary/aromatic N) is 2. The van der Waals surface area contributed by atoms with Crippen molar-refractivity contribution in [1.82, 2.24) is 9.55 Å². The largest absolute Gasteiger partial charge is 0.399 e. The fourth-order valence-electron chi connectivity index (χ4n) is 4.43. The van der Waals surface area contributed by atoms with Gasteiger partial charge in [0.25, 0.3) is 0 Å². The minimum atomic E-state index is 0.769. The van der Waals surface area contributed by atoms with E-state index in [1.165, 1.54) is 5.39 Å². The zero-order chi connectivity index (χ0) is 21.5. The lowest BCUT2D eigenvalue weighted by atomic mass is 10.1. The maximum atomic E-state index is 6.14. The van der Waals surface area contributed by atoms with Crippen LogP contribution in [0.3, 0.4) is 0 Å². The highest BCUT2D eigenvalue weighted by Crippen LogP contribution is 2.35. The molecular formula is C29H21N3. The first-order valence-electron chi connectivity index (χ1n) is 10.7. The molecule has 0 amide bonds. The molecule has 2 N–H and O–H groups in total. The topological polar surface area (TPSA) is 43.8 Å². The van der Waals surface area contributed by atoms with Crippen molar-refractivity contribution in [2.45, 2.75) is 0 Å². The summed E-state index contributed by atoms with van der Waals surface area (Å²) in [5.41, 5.74) is 14.4. The summed E-state index contributed by atoms with van der Waals surface area (Å²) < 4.78 is 2.31. The summed E-state index contributed by atoms with van der Waals surface area (Å²) in [4.78, 5) is 5.02. The minimum Gasteiger partial charge on any atom is -0.399 e. The van der Waals surface area contributed by atoms with Crippen molar-refractivity contribution in [2.75, 3.05) is 5.73 Å². The van der Waals surface area contributed by atoms with Crippen molar-refractivity contribution in [2.24, 2.45) is 0 Å². The van der Waals surface area contributed by atoms with Gasteiger partial charge in [-0.05, 0) is 36.4 Å². The van der Waals surface area contributed by atoms with E-state index in [-0.39, 0.29) is 0 Å². The highest BCUT2D eigenvalue weighted by molar-refractivity contribution is 6.10. The van der Waals surface area contributed by atoms with Crippen LogP contribution >= 0.6 is 0 Å². The first-order valence-corrected chi connectivity index (χ1v) is 10.7. The highest BCUT2D eigenvalue weighted by Gasteiger charge is 2.15. The predicted molar refractivity (Wildman–Crippen MR) is 134 cm³/mol. The number of aromatic nitrogens is 2. The second-order valence-electron chi connectivity index (χ2n) is 7.96. The fraction of sp³-hybridized carbons (Fsp3) is 0. The number of pyridine rings is 1. The van der Waals surface area contributed by atoms with Crippen LogP contribution < -0.4 is 5.73 Å². The summed E-state index contributed by atoms with van der Waals surface area (Å²) in [6.45, 7) is 0. The Hall–Kier alpha value is -4.37. The molecule has 0 fully saturated rings. The van der Waals surface area contributed by atoms with Gasteiger partial charge in [0.2, 0.25) is 0 Å². The molecule has 0 saturated carbocycles. The van der Waals surface area contributed by atoms with Crippen LogP contribution in [0.1, 0.15) is 0 Å². The number of rotatable bonds is 3. The molecule has 6 rings (SSSR count). The van der Waals surface area contributed by atoms with Gasteiger partial charge >= 0.3 is 0 Å². The normalized spacial score (nSPS) is 11.2. The molecule has 0 aliphatic carbocycles. The molecule has 0 radical (unpaired) electrons. The van der Waals surface area contributed by atoms with Gasteiger partial charge in [-0.15, -0.1) is 0 Å². The van der Waals surface area contributed by atoms with Crippen molar-refractivity contribution < 1.29 is 0 Å². The molecule has 152 valence electrons. The van der Waals surface area contributed by atoms with E-state index < -0.39 is 0 Å². The van der Waals surface area contributed by atoms with E-state index in [9.17, 15) is 0 Å². The van der Waals surface area contributed by atoms with E-state index in [2.05, 4.69) is 102 Å². The molecule has 6 aromatic rings. The molecule has 0 unspecified atom stereocenters. The van der Waals surface area contributed by atoms with E-state index >= 15 is 0 Å². The third-order valence-electron chi connectivity index (χ3n) is 5.90. The van der Waals surface area contributed by atoms with Gasteiger partial charge in [-0.25, -0.2) is 4.98 Å². The van der Waals surface area contributed by atoms with Crippen LogP contribution in [-0.2, 0) is 0 Å². The first-order chi connectivity index (χ1) is 15.8. The molecular weight excluding hydrogens is 390 g/mol. The lowest BCUT2D eigenvalue weighted by Gasteiger charge is -2.13. The SMILES string of the molecule is Nc1ccc2c(c1)c1ccccc1n2-c1cc(-c2ccccc2)nc(-c2ccccc2)c1. The van der Waals surface area contributed by atoms with E-state index in [1.54, 1.807) is 0 Å². The fourth-order valence-corrected chi connectivity index (χ4v) is 4.43. The van der Waals surface area contributed by atoms with Gasteiger partial charge < -0.3 is 10.3 Å². The minimum absolute atomic E-state index is 0.769. The molecule has 0 atom stereocenters. The van der Waals surface area contributed by atoms with Crippen LogP contribution in [-0.4, -0.2) is 9.55 Å². The molecule has 0 spiro atoms. The molecule has 0 saturated heterocycles. The number of hydrogen-bond acceptors (Lipinski definition) is 2. The van der Waals surface area contributed by atoms with Crippen molar-refractivity contribution in [1.29, 1.82) is 0 Å². The van der Waals surface area contributed by atoms with Gasteiger partial charge in [0.05, 0.1) is 28.1 Å². The Labute approximate surface area is 186 Å². The Balaban J connectivity index is 1.70. The van der Waals surface area contributed by atoms with Crippen molar-refractivity contribution in [3.8, 4) is 28.2 Å². The maximum Gasteiger partial charge on any atom is 0.0730 e.